The number of nitrogens with zero attached hydrogens (tertiary/aromatic N) is 3. The maximum absolute atomic E-state index is 6.33. The number of ether oxygens (including phenoxy) is 4. The Morgan fingerprint density at radius 3 is 2.81 bits per heavy atom. The van der Waals surface area contributed by atoms with Gasteiger partial charge in [-0.3, -0.25) is 4.90 Å². The van der Waals surface area contributed by atoms with Crippen LogP contribution >= 0.6 is 22.7 Å². The van der Waals surface area contributed by atoms with Gasteiger partial charge >= 0.3 is 0 Å². The van der Waals surface area contributed by atoms with E-state index in [0.717, 1.165) is 53.7 Å². The fraction of sp³-hybridized carbons (Fsp3) is 0.273. The van der Waals surface area contributed by atoms with Crippen LogP contribution in [0.3, 0.4) is 0 Å². The second-order valence-electron chi connectivity index (χ2n) is 7.26. The molecule has 0 amide bonds. The normalized spacial score (nSPS) is 16.1. The molecule has 3 aromatic heterocycles. The average Bonchev–Trinajstić information content (AvgIpc) is 3.54. The summed E-state index contributed by atoms with van der Waals surface area (Å²) in [7, 11) is 0. The molecule has 9 heteroatoms. The first-order chi connectivity index (χ1) is 15.3. The minimum atomic E-state index is 0.229. The van der Waals surface area contributed by atoms with Crippen LogP contribution in [0.25, 0.3) is 20.7 Å². The van der Waals surface area contributed by atoms with Gasteiger partial charge in [-0.2, -0.15) is 4.98 Å². The van der Waals surface area contributed by atoms with Crippen LogP contribution in [0.5, 0.6) is 23.1 Å². The smallest absolute Gasteiger partial charge is 0.232 e. The Morgan fingerprint density at radius 2 is 1.94 bits per heavy atom. The molecule has 1 aromatic carbocycles. The Labute approximate surface area is 186 Å². The first-order valence-electron chi connectivity index (χ1n) is 10.0. The van der Waals surface area contributed by atoms with Crippen LogP contribution < -0.4 is 14.2 Å². The number of hydrogen-bond donors (Lipinski definition) is 0. The highest BCUT2D eigenvalue weighted by Gasteiger charge is 2.21. The van der Waals surface area contributed by atoms with Gasteiger partial charge in [-0.1, -0.05) is 6.07 Å². The summed E-state index contributed by atoms with van der Waals surface area (Å²) in [5.41, 5.74) is 1.10. The molecule has 0 radical (unpaired) electrons. The summed E-state index contributed by atoms with van der Waals surface area (Å²) in [5.74, 6) is 3.38. The number of benzene rings is 1. The van der Waals surface area contributed by atoms with Gasteiger partial charge in [0.2, 0.25) is 12.7 Å². The van der Waals surface area contributed by atoms with E-state index in [1.54, 1.807) is 22.7 Å². The molecule has 1 saturated heterocycles. The standard InChI is InChI=1S/C22H19N3O4S2/c1-2-18(30-9-1)15-12-31-22-20(15)21(23-19(24-22)11-25-5-7-26-8-6-25)29-14-3-4-16-17(10-14)28-13-27-16/h1-4,9-10,12H,5-8,11,13H2. The highest BCUT2D eigenvalue weighted by atomic mass is 32.1. The molecular weight excluding hydrogens is 434 g/mol. The molecule has 7 nitrogen and oxygen atoms in total. The lowest BCUT2D eigenvalue weighted by Gasteiger charge is -2.25. The van der Waals surface area contributed by atoms with E-state index in [1.807, 2.05) is 18.2 Å². The zero-order valence-electron chi connectivity index (χ0n) is 16.6. The number of hydrogen-bond acceptors (Lipinski definition) is 9. The van der Waals surface area contributed by atoms with Crippen molar-refractivity contribution in [3.05, 3.63) is 46.9 Å². The zero-order valence-corrected chi connectivity index (χ0v) is 18.2. The lowest BCUT2D eigenvalue weighted by Crippen LogP contribution is -2.36. The van der Waals surface area contributed by atoms with E-state index in [2.05, 4.69) is 27.8 Å². The van der Waals surface area contributed by atoms with E-state index in [0.29, 0.717) is 23.9 Å². The predicted molar refractivity (Wildman–Crippen MR) is 119 cm³/mol. The molecule has 4 aromatic rings. The van der Waals surface area contributed by atoms with Crippen LogP contribution in [-0.2, 0) is 11.3 Å². The number of fused-ring (bicyclic) bond motifs is 2. The van der Waals surface area contributed by atoms with Crippen molar-refractivity contribution in [3.8, 4) is 33.6 Å². The highest BCUT2D eigenvalue weighted by molar-refractivity contribution is 7.18. The number of thiophene rings is 2. The zero-order chi connectivity index (χ0) is 20.6. The van der Waals surface area contributed by atoms with Crippen LogP contribution in [-0.4, -0.2) is 48.0 Å². The van der Waals surface area contributed by atoms with E-state index in [-0.39, 0.29) is 6.79 Å². The van der Waals surface area contributed by atoms with Crippen molar-refractivity contribution in [2.24, 2.45) is 0 Å². The second-order valence-corrected chi connectivity index (χ2v) is 9.06. The third-order valence-corrected chi connectivity index (χ3v) is 7.04. The van der Waals surface area contributed by atoms with Gasteiger partial charge in [0.05, 0.1) is 25.1 Å². The van der Waals surface area contributed by atoms with E-state index < -0.39 is 0 Å². The van der Waals surface area contributed by atoms with Crippen LogP contribution in [0.1, 0.15) is 5.82 Å². The van der Waals surface area contributed by atoms with Crippen LogP contribution in [0.4, 0.5) is 0 Å². The third kappa shape index (κ3) is 3.74. The van der Waals surface area contributed by atoms with Crippen molar-refractivity contribution in [2.45, 2.75) is 6.54 Å². The van der Waals surface area contributed by atoms with Gasteiger partial charge in [-0.05, 0) is 23.6 Å². The molecule has 0 N–H and O–H groups in total. The fourth-order valence-corrected chi connectivity index (χ4v) is 5.49. The molecule has 0 bridgehead atoms. The third-order valence-electron chi connectivity index (χ3n) is 5.26. The summed E-state index contributed by atoms with van der Waals surface area (Å²) in [4.78, 5) is 14.1. The molecule has 2 aliphatic rings. The molecule has 0 saturated carbocycles. The number of morpholine rings is 1. The average molecular weight is 454 g/mol. The van der Waals surface area contributed by atoms with Gasteiger partial charge in [-0.15, -0.1) is 22.7 Å². The molecule has 2 aliphatic heterocycles. The number of rotatable bonds is 5. The van der Waals surface area contributed by atoms with E-state index in [1.165, 1.54) is 4.88 Å². The lowest BCUT2D eigenvalue weighted by atomic mass is 10.2. The van der Waals surface area contributed by atoms with Crippen molar-refractivity contribution < 1.29 is 18.9 Å². The molecule has 6 rings (SSSR count). The maximum atomic E-state index is 6.33. The number of aromatic nitrogens is 2. The van der Waals surface area contributed by atoms with Crippen molar-refractivity contribution in [2.75, 3.05) is 33.1 Å². The van der Waals surface area contributed by atoms with E-state index >= 15 is 0 Å². The minimum absolute atomic E-state index is 0.229. The lowest BCUT2D eigenvalue weighted by molar-refractivity contribution is 0.0330. The molecule has 1 fully saturated rings. The minimum Gasteiger partial charge on any atom is -0.454 e. The SMILES string of the molecule is c1csc(-c2csc3nc(CN4CCOCC4)nc(Oc4ccc5c(c4)OCO5)c23)c1. The summed E-state index contributed by atoms with van der Waals surface area (Å²) in [6.07, 6.45) is 0. The summed E-state index contributed by atoms with van der Waals surface area (Å²) in [5, 5.41) is 5.15. The second kappa shape index (κ2) is 8.08. The molecule has 5 heterocycles. The van der Waals surface area contributed by atoms with Crippen LogP contribution in [0, 0.1) is 0 Å². The summed E-state index contributed by atoms with van der Waals surface area (Å²) in [6.45, 7) is 4.14. The molecule has 0 spiro atoms. The van der Waals surface area contributed by atoms with Crippen LogP contribution in [0.15, 0.2) is 41.1 Å². The first-order valence-corrected chi connectivity index (χ1v) is 11.8. The molecule has 0 unspecified atom stereocenters. The Balaban J connectivity index is 1.41. The van der Waals surface area contributed by atoms with E-state index in [9.17, 15) is 0 Å². The molecule has 31 heavy (non-hydrogen) atoms. The van der Waals surface area contributed by atoms with Gasteiger partial charge in [0, 0.05) is 35.0 Å². The Morgan fingerprint density at radius 1 is 1.03 bits per heavy atom. The predicted octanol–water partition coefficient (Wildman–Crippen LogP) is 4.77. The van der Waals surface area contributed by atoms with Crippen molar-refractivity contribution in [1.29, 1.82) is 0 Å². The summed E-state index contributed by atoms with van der Waals surface area (Å²) in [6, 6.07) is 9.74. The highest BCUT2D eigenvalue weighted by Crippen LogP contribution is 2.42. The Kier molecular flexibility index (Phi) is 4.95. The van der Waals surface area contributed by atoms with Gasteiger partial charge in [0.25, 0.3) is 0 Å². The summed E-state index contributed by atoms with van der Waals surface area (Å²) >= 11 is 3.32. The monoisotopic (exact) mass is 453 g/mol. The Hall–Kier alpha value is -2.72. The maximum Gasteiger partial charge on any atom is 0.232 e. The molecule has 0 atom stereocenters. The van der Waals surface area contributed by atoms with E-state index in [4.69, 9.17) is 28.9 Å². The fourth-order valence-electron chi connectivity index (χ4n) is 3.72. The quantitative estimate of drug-likeness (QED) is 0.431. The van der Waals surface area contributed by atoms with Gasteiger partial charge in [-0.25, -0.2) is 4.98 Å². The van der Waals surface area contributed by atoms with Crippen molar-refractivity contribution >= 4 is 32.9 Å². The Bertz CT molecular complexity index is 1220. The molecule has 158 valence electrons. The van der Waals surface area contributed by atoms with Crippen LogP contribution in [0.2, 0.25) is 0 Å². The topological polar surface area (TPSA) is 65.9 Å². The largest absolute Gasteiger partial charge is 0.454 e. The molecular formula is C22H19N3O4S2. The van der Waals surface area contributed by atoms with Crippen molar-refractivity contribution in [1.82, 2.24) is 14.9 Å². The summed E-state index contributed by atoms with van der Waals surface area (Å²) < 4.78 is 22.7. The van der Waals surface area contributed by atoms with Gasteiger partial charge in [0.15, 0.2) is 11.5 Å². The van der Waals surface area contributed by atoms with Crippen molar-refractivity contribution in [3.63, 3.8) is 0 Å². The van der Waals surface area contributed by atoms with Gasteiger partial charge in [0.1, 0.15) is 16.4 Å². The molecule has 0 aliphatic carbocycles. The van der Waals surface area contributed by atoms with Gasteiger partial charge < -0.3 is 18.9 Å². The first kappa shape index (κ1) is 19.0.